The molecule has 4 atom stereocenters. The van der Waals surface area contributed by atoms with Gasteiger partial charge in [-0.1, -0.05) is 409 Å². The molecule has 135 heavy (non-hydrogen) atoms. The number of rotatable bonds is 22. The summed E-state index contributed by atoms with van der Waals surface area (Å²) in [5.74, 6) is 2.81. The zero-order valence-electron chi connectivity index (χ0n) is 79.6. The maximum absolute atomic E-state index is 6.51. The van der Waals surface area contributed by atoms with Gasteiger partial charge >= 0.3 is 0 Å². The van der Waals surface area contributed by atoms with Crippen LogP contribution in [-0.4, -0.2) is 0 Å². The molecule has 0 heterocycles. The fourth-order valence-corrected chi connectivity index (χ4v) is 22.1. The number of hydrogen-bond acceptors (Lipinski definition) is 4. The highest BCUT2D eigenvalue weighted by Crippen LogP contribution is 2.62. The van der Waals surface area contributed by atoms with E-state index < -0.39 is 10.8 Å². The maximum Gasteiger partial charge on any atom is 0.119 e. The lowest BCUT2D eigenvalue weighted by atomic mass is 9.67. The van der Waals surface area contributed by atoms with Crippen LogP contribution in [0.15, 0.2) is 425 Å². The fraction of sp³-hybridized carbons (Fsp3) is 0.176. The van der Waals surface area contributed by atoms with Crippen molar-refractivity contribution < 1.29 is 9.47 Å². The number of ether oxygens (including phenoxy) is 2. The molecule has 18 aromatic carbocycles. The largest absolute Gasteiger partial charge is 0.489 e. The van der Waals surface area contributed by atoms with Gasteiger partial charge in [-0.15, -0.1) is 0 Å². The van der Waals surface area contributed by atoms with Crippen molar-refractivity contribution in [1.82, 2.24) is 0 Å². The summed E-state index contributed by atoms with van der Waals surface area (Å²) in [5.41, 5.74) is 43.4. The molecule has 0 saturated carbocycles. The average Bonchev–Trinajstić information content (AvgIpc) is 1.54. The Kier molecular flexibility index (Phi) is 22.7. The summed E-state index contributed by atoms with van der Waals surface area (Å²) in [5, 5.41) is 0. The third-order valence-corrected chi connectivity index (χ3v) is 30.1. The highest BCUT2D eigenvalue weighted by atomic mass is 16.5. The van der Waals surface area contributed by atoms with E-state index >= 15 is 0 Å². The van der Waals surface area contributed by atoms with Gasteiger partial charge in [0.05, 0.1) is 10.8 Å². The van der Waals surface area contributed by atoms with Crippen LogP contribution in [0.5, 0.6) is 11.5 Å². The summed E-state index contributed by atoms with van der Waals surface area (Å²) in [7, 11) is 0. The van der Waals surface area contributed by atoms with E-state index in [1.54, 1.807) is 0 Å². The molecule has 0 aliphatic heterocycles. The molecule has 18 aromatic rings. The number of benzene rings is 18. The first kappa shape index (κ1) is 86.9. The van der Waals surface area contributed by atoms with Crippen LogP contribution in [0.1, 0.15) is 201 Å². The molecule has 0 bridgehead atoms. The second-order valence-corrected chi connectivity index (χ2v) is 39.8. The smallest absolute Gasteiger partial charge is 0.119 e. The topological polar surface area (TPSA) is 24.9 Å². The van der Waals surface area contributed by atoms with Gasteiger partial charge in [-0.25, -0.2) is 0 Å². The Morgan fingerprint density at radius 3 is 0.874 bits per heavy atom. The second kappa shape index (κ2) is 35.3. The van der Waals surface area contributed by atoms with Crippen molar-refractivity contribution in [3.05, 3.63) is 525 Å². The van der Waals surface area contributed by atoms with Crippen LogP contribution < -0.4 is 19.3 Å². The molecule has 22 rings (SSSR count). The predicted octanol–water partition coefficient (Wildman–Crippen LogP) is 34.8. The Balaban J connectivity index is 0.000000162. The van der Waals surface area contributed by atoms with Gasteiger partial charge in [-0.05, 0) is 295 Å². The van der Waals surface area contributed by atoms with Gasteiger partial charge in [-0.2, -0.15) is 0 Å². The van der Waals surface area contributed by atoms with E-state index in [0.29, 0.717) is 25.0 Å². The van der Waals surface area contributed by atoms with Crippen molar-refractivity contribution in [2.24, 2.45) is 0 Å². The van der Waals surface area contributed by atoms with Crippen LogP contribution in [0, 0.1) is 6.92 Å². The third kappa shape index (κ3) is 15.5. The van der Waals surface area contributed by atoms with E-state index in [1.807, 2.05) is 0 Å². The highest BCUT2D eigenvalue weighted by Gasteiger charge is 2.49. The summed E-state index contributed by atoms with van der Waals surface area (Å²) in [6.45, 7) is 28.6. The Labute approximate surface area is 799 Å². The van der Waals surface area contributed by atoms with Crippen LogP contribution in [0.2, 0.25) is 0 Å². The summed E-state index contributed by atoms with van der Waals surface area (Å²) in [6, 6.07) is 158. The molecule has 0 radical (unpaired) electrons. The lowest BCUT2D eigenvalue weighted by Gasteiger charge is -2.35. The van der Waals surface area contributed by atoms with Gasteiger partial charge in [0.2, 0.25) is 0 Å². The summed E-state index contributed by atoms with van der Waals surface area (Å²) >= 11 is 0. The Morgan fingerprint density at radius 1 is 0.259 bits per heavy atom. The van der Waals surface area contributed by atoms with Gasteiger partial charge in [-0.3, -0.25) is 0 Å². The normalized spacial score (nSPS) is 15.6. The number of fused-ring (bicyclic) bond motifs is 12. The molecule has 0 N–H and O–H groups in total. The summed E-state index contributed by atoms with van der Waals surface area (Å²) in [6.07, 6.45) is 2.26. The number of hydrogen-bond donors (Lipinski definition) is 0. The molecule has 0 fully saturated rings. The predicted molar refractivity (Wildman–Crippen MR) is 565 cm³/mol. The molecule has 4 heteroatoms. The number of nitrogens with zero attached hydrogens (tertiary/aromatic N) is 2. The van der Waals surface area contributed by atoms with Crippen LogP contribution in [0.4, 0.5) is 34.1 Å². The Bertz CT molecular complexity index is 7390. The van der Waals surface area contributed by atoms with E-state index in [2.05, 4.69) is 518 Å². The van der Waals surface area contributed by atoms with E-state index in [4.69, 9.17) is 9.47 Å². The second-order valence-electron chi connectivity index (χ2n) is 39.8. The first-order valence-electron chi connectivity index (χ1n) is 48.4. The zero-order valence-corrected chi connectivity index (χ0v) is 79.6. The Morgan fingerprint density at radius 2 is 0.533 bits per heavy atom. The quantitative estimate of drug-likeness (QED) is 0.0675. The monoisotopic (exact) mass is 1750 g/mol. The SMILES string of the molecule is CCC(C)c1ccc(COc2ccc(C3(c4ccc(C(C)(C)C)cc4)c4ccccc4-c4ccc(N(c5ccc(-c6ccccc6)cc5)c5ccc6c(c5)C(C)(C)c5ccccc5-6)cc43)cc2)cc1.CCC(C)c1ccc(COc2ccc(C3(c4ccc(C)cc4)c4ccccc4-c4ccc(N(c5ccc(-c6ccccc6)cc5)c5ccc6c(c5)C(C)(C)c5ccccc5-6)cc43)cc2)cc1. The van der Waals surface area contributed by atoms with Gasteiger partial charge in [0, 0.05) is 45.0 Å². The molecule has 0 spiro atoms. The Hall–Kier alpha value is -14.8. The van der Waals surface area contributed by atoms with Gasteiger partial charge in [0.15, 0.2) is 0 Å². The summed E-state index contributed by atoms with van der Waals surface area (Å²) < 4.78 is 13.0. The minimum Gasteiger partial charge on any atom is -0.489 e. The van der Waals surface area contributed by atoms with E-state index in [-0.39, 0.29) is 16.2 Å². The molecular weight excluding hydrogens is 1630 g/mol. The fourth-order valence-electron chi connectivity index (χ4n) is 22.1. The van der Waals surface area contributed by atoms with E-state index in [9.17, 15) is 0 Å². The van der Waals surface area contributed by atoms with Crippen LogP contribution >= 0.6 is 0 Å². The lowest BCUT2D eigenvalue weighted by Crippen LogP contribution is -2.29. The van der Waals surface area contributed by atoms with Crippen molar-refractivity contribution in [2.45, 2.75) is 148 Å². The molecule has 4 aliphatic carbocycles. The molecule has 4 unspecified atom stereocenters. The van der Waals surface area contributed by atoms with Crippen LogP contribution in [-0.2, 0) is 40.3 Å². The molecule has 0 amide bonds. The minimum atomic E-state index is -0.618. The molecular formula is C131H116N2O2. The number of anilines is 6. The standard InChI is InChI=1S/C67H61NO.C64H55NO/c1-8-45(2)47-24-22-46(23-25-47)44-69-56-38-32-52(33-39-56)67(51-30-28-50(29-31-51)65(3,4)5)62-21-15-13-19-58(62)60-41-37-55(43-64(60)67)68(53-34-26-49(27-35-53)48-16-10-9-11-17-48)54-36-40-59-57-18-12-14-20-61(57)66(6,7)63(59)42-54;1-6-44(3)46-24-22-45(23-25-46)42-66-54-36-30-50(31-37-54)64(49-28-20-43(2)21-29-49)60-19-13-11-17-56(60)58-39-35-53(41-62(58)64)65(51-32-26-48(27-33-51)47-14-8-7-9-15-47)52-34-38-57-55-16-10-12-18-59(55)63(4,5)61(57)40-52/h9-43,45H,8,44H2,1-7H3;7-41,44H,6,42H2,1-5H3. The molecule has 4 aliphatic rings. The third-order valence-electron chi connectivity index (χ3n) is 30.1. The molecule has 0 aromatic heterocycles. The van der Waals surface area contributed by atoms with Crippen molar-refractivity contribution in [2.75, 3.05) is 9.80 Å². The van der Waals surface area contributed by atoms with Gasteiger partial charge < -0.3 is 19.3 Å². The first-order valence-corrected chi connectivity index (χ1v) is 48.4. The van der Waals surface area contributed by atoms with Crippen LogP contribution in [0.3, 0.4) is 0 Å². The first-order chi connectivity index (χ1) is 65.7. The number of aryl methyl sites for hydroxylation is 1. The summed E-state index contributed by atoms with van der Waals surface area (Å²) in [4.78, 5) is 4.93. The van der Waals surface area contributed by atoms with Crippen molar-refractivity contribution in [3.8, 4) is 78.3 Å². The highest BCUT2D eigenvalue weighted by molar-refractivity contribution is 5.94. The molecule has 662 valence electrons. The zero-order chi connectivity index (χ0) is 92.5. The maximum atomic E-state index is 6.51. The van der Waals surface area contributed by atoms with Crippen molar-refractivity contribution >= 4 is 34.1 Å². The average molecular weight is 1750 g/mol. The molecule has 4 nitrogen and oxygen atoms in total. The minimum absolute atomic E-state index is 0.0142. The van der Waals surface area contributed by atoms with Crippen molar-refractivity contribution in [1.29, 1.82) is 0 Å². The van der Waals surface area contributed by atoms with E-state index in [1.165, 1.54) is 167 Å². The van der Waals surface area contributed by atoms with Crippen LogP contribution in [0.25, 0.3) is 66.8 Å². The van der Waals surface area contributed by atoms with Crippen molar-refractivity contribution in [3.63, 3.8) is 0 Å². The van der Waals surface area contributed by atoms with E-state index in [0.717, 1.165) is 58.5 Å². The van der Waals surface area contributed by atoms with Gasteiger partial charge in [0.25, 0.3) is 0 Å². The van der Waals surface area contributed by atoms with Gasteiger partial charge in [0.1, 0.15) is 24.7 Å². The molecule has 0 saturated heterocycles. The lowest BCUT2D eigenvalue weighted by molar-refractivity contribution is 0.306.